The summed E-state index contributed by atoms with van der Waals surface area (Å²) in [6.45, 7) is 7.34. The molecule has 1 aliphatic rings. The molecule has 6 heteroatoms. The first-order valence-corrected chi connectivity index (χ1v) is 9.06. The normalized spacial score (nSPS) is 16.0. The maximum Gasteiger partial charge on any atom is 0.213 e. The third kappa shape index (κ3) is 3.99. The molecular weight excluding hydrogens is 368 g/mol. The largest absolute Gasteiger partial charge is 0.355 e. The van der Waals surface area contributed by atoms with E-state index >= 15 is 0 Å². The average molecular weight is 389 g/mol. The van der Waals surface area contributed by atoms with Crippen LogP contribution >= 0.6 is 15.9 Å². The molecule has 1 aliphatic heterocycles. The molecule has 0 atom stereocenters. The predicted octanol–water partition coefficient (Wildman–Crippen LogP) is 3.00. The second-order valence-corrected chi connectivity index (χ2v) is 6.79. The summed E-state index contributed by atoms with van der Waals surface area (Å²) in [5, 5.41) is 0. The fourth-order valence-electron chi connectivity index (χ4n) is 2.93. The molecule has 0 radical (unpaired) electrons. The van der Waals surface area contributed by atoms with Crippen LogP contribution in [0.3, 0.4) is 0 Å². The Labute approximate surface area is 150 Å². The van der Waals surface area contributed by atoms with Gasteiger partial charge < -0.3 is 9.80 Å². The molecule has 3 heterocycles. The van der Waals surface area contributed by atoms with E-state index in [-0.39, 0.29) is 5.78 Å². The van der Waals surface area contributed by atoms with Crippen LogP contribution in [0.15, 0.2) is 41.1 Å². The zero-order chi connectivity index (χ0) is 16.9. The lowest BCUT2D eigenvalue weighted by Gasteiger charge is -2.22. The van der Waals surface area contributed by atoms with E-state index in [4.69, 9.17) is 0 Å². The Morgan fingerprint density at radius 2 is 2.08 bits per heavy atom. The fourth-order valence-corrected chi connectivity index (χ4v) is 3.29. The SMILES string of the molecule is CCN1CCCN(c2cccc(C(=O)c3cncc(Br)c3)n2)CC1. The van der Waals surface area contributed by atoms with Gasteiger partial charge in [0.15, 0.2) is 0 Å². The zero-order valence-corrected chi connectivity index (χ0v) is 15.4. The van der Waals surface area contributed by atoms with Crippen molar-refractivity contribution in [3.63, 3.8) is 0 Å². The number of anilines is 1. The quantitative estimate of drug-likeness (QED) is 0.753. The molecule has 1 saturated heterocycles. The zero-order valence-electron chi connectivity index (χ0n) is 13.8. The van der Waals surface area contributed by atoms with Crippen molar-refractivity contribution in [2.75, 3.05) is 37.6 Å². The van der Waals surface area contributed by atoms with Gasteiger partial charge in [0.25, 0.3) is 0 Å². The standard InChI is InChI=1S/C18H21BrN4O/c1-2-22-7-4-8-23(10-9-22)17-6-3-5-16(21-17)18(24)14-11-15(19)13-20-12-14/h3,5-6,11-13H,2,4,7-10H2,1H3. The summed E-state index contributed by atoms with van der Waals surface area (Å²) in [5.41, 5.74) is 1.01. The lowest BCUT2D eigenvalue weighted by molar-refractivity contribution is 0.103. The van der Waals surface area contributed by atoms with E-state index in [0.29, 0.717) is 11.3 Å². The van der Waals surface area contributed by atoms with Crippen LogP contribution in [0.4, 0.5) is 5.82 Å². The molecule has 24 heavy (non-hydrogen) atoms. The molecule has 0 N–H and O–H groups in total. The third-order valence-electron chi connectivity index (χ3n) is 4.29. The average Bonchev–Trinajstić information content (AvgIpc) is 2.87. The Bertz CT molecular complexity index is 722. The Morgan fingerprint density at radius 1 is 1.21 bits per heavy atom. The molecule has 0 amide bonds. The highest BCUT2D eigenvalue weighted by Gasteiger charge is 2.17. The Morgan fingerprint density at radius 3 is 2.88 bits per heavy atom. The van der Waals surface area contributed by atoms with Crippen molar-refractivity contribution in [3.8, 4) is 0 Å². The summed E-state index contributed by atoms with van der Waals surface area (Å²) in [6, 6.07) is 7.43. The number of nitrogens with zero attached hydrogens (tertiary/aromatic N) is 4. The van der Waals surface area contributed by atoms with Crippen molar-refractivity contribution in [1.29, 1.82) is 0 Å². The minimum absolute atomic E-state index is 0.101. The second-order valence-electron chi connectivity index (χ2n) is 5.88. The smallest absolute Gasteiger partial charge is 0.213 e. The second kappa shape index (κ2) is 7.85. The van der Waals surface area contributed by atoms with Gasteiger partial charge in [-0.25, -0.2) is 4.98 Å². The molecular formula is C18H21BrN4O. The van der Waals surface area contributed by atoms with Gasteiger partial charge in [-0.2, -0.15) is 0 Å². The van der Waals surface area contributed by atoms with Crippen LogP contribution in [0.1, 0.15) is 29.4 Å². The van der Waals surface area contributed by atoms with Crippen molar-refractivity contribution in [1.82, 2.24) is 14.9 Å². The number of hydrogen-bond donors (Lipinski definition) is 0. The summed E-state index contributed by atoms with van der Waals surface area (Å²) < 4.78 is 0.789. The van der Waals surface area contributed by atoms with E-state index < -0.39 is 0 Å². The van der Waals surface area contributed by atoms with Gasteiger partial charge in [-0.3, -0.25) is 9.78 Å². The predicted molar refractivity (Wildman–Crippen MR) is 98.6 cm³/mol. The van der Waals surface area contributed by atoms with Crippen LogP contribution in [0, 0.1) is 0 Å². The molecule has 0 unspecified atom stereocenters. The molecule has 126 valence electrons. The number of ketones is 1. The number of pyridine rings is 2. The summed E-state index contributed by atoms with van der Waals surface area (Å²) in [4.78, 5) is 26.0. The highest BCUT2D eigenvalue weighted by molar-refractivity contribution is 9.10. The molecule has 0 saturated carbocycles. The Balaban J connectivity index is 1.80. The first-order valence-electron chi connectivity index (χ1n) is 8.27. The minimum Gasteiger partial charge on any atom is -0.355 e. The topological polar surface area (TPSA) is 49.3 Å². The monoisotopic (exact) mass is 388 g/mol. The molecule has 0 aliphatic carbocycles. The van der Waals surface area contributed by atoms with Crippen molar-refractivity contribution in [2.24, 2.45) is 0 Å². The number of aromatic nitrogens is 2. The summed E-state index contributed by atoms with van der Waals surface area (Å²) in [5.74, 6) is 0.775. The van der Waals surface area contributed by atoms with Crippen molar-refractivity contribution in [2.45, 2.75) is 13.3 Å². The van der Waals surface area contributed by atoms with Crippen molar-refractivity contribution < 1.29 is 4.79 Å². The van der Waals surface area contributed by atoms with Gasteiger partial charge in [-0.05, 0) is 53.6 Å². The van der Waals surface area contributed by atoms with Gasteiger partial charge in [0.2, 0.25) is 5.78 Å². The molecule has 0 aromatic carbocycles. The summed E-state index contributed by atoms with van der Waals surface area (Å²) >= 11 is 3.35. The van der Waals surface area contributed by atoms with Gasteiger partial charge in [-0.15, -0.1) is 0 Å². The van der Waals surface area contributed by atoms with Crippen LogP contribution in [0.25, 0.3) is 0 Å². The summed E-state index contributed by atoms with van der Waals surface area (Å²) in [6.07, 6.45) is 4.35. The molecule has 2 aromatic heterocycles. The van der Waals surface area contributed by atoms with Crippen molar-refractivity contribution >= 4 is 27.5 Å². The first kappa shape index (κ1) is 17.0. The molecule has 1 fully saturated rings. The van der Waals surface area contributed by atoms with E-state index in [9.17, 15) is 4.79 Å². The van der Waals surface area contributed by atoms with Gasteiger partial charge in [0, 0.05) is 42.1 Å². The maximum atomic E-state index is 12.6. The molecule has 0 bridgehead atoms. The number of hydrogen-bond acceptors (Lipinski definition) is 5. The van der Waals surface area contributed by atoms with E-state index in [1.54, 1.807) is 24.5 Å². The fraction of sp³-hybridized carbons (Fsp3) is 0.389. The van der Waals surface area contributed by atoms with Crippen LogP contribution in [-0.2, 0) is 0 Å². The number of carbonyl (C=O) groups is 1. The highest BCUT2D eigenvalue weighted by atomic mass is 79.9. The van der Waals surface area contributed by atoms with E-state index in [2.05, 4.69) is 42.6 Å². The number of carbonyl (C=O) groups excluding carboxylic acids is 1. The maximum absolute atomic E-state index is 12.6. The van der Waals surface area contributed by atoms with Gasteiger partial charge >= 0.3 is 0 Å². The lowest BCUT2D eigenvalue weighted by Crippen LogP contribution is -2.31. The highest BCUT2D eigenvalue weighted by Crippen LogP contribution is 2.17. The molecule has 3 rings (SSSR count). The summed E-state index contributed by atoms with van der Waals surface area (Å²) in [7, 11) is 0. The number of halogens is 1. The molecule has 5 nitrogen and oxygen atoms in total. The van der Waals surface area contributed by atoms with Gasteiger partial charge in [-0.1, -0.05) is 13.0 Å². The Hall–Kier alpha value is -1.79. The third-order valence-corrected chi connectivity index (χ3v) is 4.73. The van der Waals surface area contributed by atoms with Crippen LogP contribution in [0.2, 0.25) is 0 Å². The van der Waals surface area contributed by atoms with Crippen LogP contribution < -0.4 is 4.90 Å². The number of likely N-dealkylation sites (N-methyl/N-ethyl adjacent to an activating group) is 1. The molecule has 0 spiro atoms. The lowest BCUT2D eigenvalue weighted by atomic mass is 10.1. The van der Waals surface area contributed by atoms with Gasteiger partial charge in [0.05, 0.1) is 0 Å². The van der Waals surface area contributed by atoms with Crippen LogP contribution in [0.5, 0.6) is 0 Å². The minimum atomic E-state index is -0.101. The van der Waals surface area contributed by atoms with E-state index in [1.807, 2.05) is 12.1 Å². The Kier molecular flexibility index (Phi) is 5.58. The first-order chi connectivity index (χ1) is 11.7. The van der Waals surface area contributed by atoms with Crippen LogP contribution in [-0.4, -0.2) is 53.4 Å². The van der Waals surface area contributed by atoms with Gasteiger partial charge in [0.1, 0.15) is 11.5 Å². The van der Waals surface area contributed by atoms with E-state index in [1.165, 1.54) is 0 Å². The van der Waals surface area contributed by atoms with E-state index in [0.717, 1.165) is 49.4 Å². The molecule has 2 aromatic rings. The van der Waals surface area contributed by atoms with Crippen molar-refractivity contribution in [3.05, 3.63) is 52.4 Å². The number of rotatable bonds is 4.